The van der Waals surface area contributed by atoms with Crippen molar-refractivity contribution < 1.29 is 18.0 Å². The molecule has 2 aliphatic rings. The molecule has 2 atom stereocenters. The standard InChI is InChI=1S/C25H29F3N8O/c1-17-13-34(8-9-36(17)23-5-3-20(12-31-23)25(26,27)28)14-19-11-32-33-24(19)18-2-4-22(30-10-18)35-7-6-29-21(15-35)16-37/h2-5,10-12,16-17,21,29H,6-9,13-15H2,1H3,(H,32,33)/t17?,21-/m1/s1. The molecule has 2 fully saturated rings. The van der Waals surface area contributed by atoms with Crippen molar-refractivity contribution in [2.75, 3.05) is 49.1 Å². The Kier molecular flexibility index (Phi) is 7.11. The highest BCUT2D eigenvalue weighted by Gasteiger charge is 2.32. The van der Waals surface area contributed by atoms with Crippen molar-refractivity contribution in [1.82, 2.24) is 30.4 Å². The largest absolute Gasteiger partial charge is 0.417 e. The number of carbonyl (C=O) groups is 1. The fraction of sp³-hybridized carbons (Fsp3) is 0.440. The summed E-state index contributed by atoms with van der Waals surface area (Å²) in [4.78, 5) is 26.3. The van der Waals surface area contributed by atoms with Crippen LogP contribution in [0.15, 0.2) is 42.9 Å². The van der Waals surface area contributed by atoms with Gasteiger partial charge < -0.3 is 19.9 Å². The Labute approximate surface area is 212 Å². The number of aldehydes is 1. The van der Waals surface area contributed by atoms with Gasteiger partial charge in [0.1, 0.15) is 17.9 Å². The molecule has 2 N–H and O–H groups in total. The molecule has 5 heterocycles. The molecule has 0 amide bonds. The van der Waals surface area contributed by atoms with Gasteiger partial charge in [-0.15, -0.1) is 0 Å². The first-order chi connectivity index (χ1) is 17.8. The molecule has 9 nitrogen and oxygen atoms in total. The summed E-state index contributed by atoms with van der Waals surface area (Å²) < 4.78 is 38.6. The van der Waals surface area contributed by atoms with Gasteiger partial charge >= 0.3 is 6.18 Å². The Balaban J connectivity index is 1.22. The number of aromatic amines is 1. The van der Waals surface area contributed by atoms with Crippen molar-refractivity contribution in [2.45, 2.75) is 31.7 Å². The van der Waals surface area contributed by atoms with Crippen LogP contribution in [0.4, 0.5) is 24.8 Å². The fourth-order valence-electron chi connectivity index (χ4n) is 4.96. The van der Waals surface area contributed by atoms with E-state index in [2.05, 4.69) is 42.2 Å². The van der Waals surface area contributed by atoms with Gasteiger partial charge in [-0.05, 0) is 31.2 Å². The Morgan fingerprint density at radius 1 is 1.05 bits per heavy atom. The summed E-state index contributed by atoms with van der Waals surface area (Å²) in [6.45, 7) is 7.00. The van der Waals surface area contributed by atoms with Gasteiger partial charge in [0.2, 0.25) is 0 Å². The topological polar surface area (TPSA) is 93.3 Å². The molecule has 0 spiro atoms. The van der Waals surface area contributed by atoms with E-state index in [0.29, 0.717) is 25.5 Å². The second-order valence-corrected chi connectivity index (χ2v) is 9.49. The minimum Gasteiger partial charge on any atom is -0.353 e. The number of nitrogens with zero attached hydrogens (tertiary/aromatic N) is 6. The van der Waals surface area contributed by atoms with Crippen LogP contribution in [0.1, 0.15) is 18.1 Å². The quantitative estimate of drug-likeness (QED) is 0.485. The molecule has 3 aromatic heterocycles. The van der Waals surface area contributed by atoms with E-state index < -0.39 is 11.7 Å². The predicted octanol–water partition coefficient (Wildman–Crippen LogP) is 2.57. The molecule has 0 aromatic carbocycles. The Morgan fingerprint density at radius 3 is 2.54 bits per heavy atom. The molecule has 2 aliphatic heterocycles. The summed E-state index contributed by atoms with van der Waals surface area (Å²) in [5.41, 5.74) is 2.05. The van der Waals surface area contributed by atoms with Crippen LogP contribution in [0.5, 0.6) is 0 Å². The van der Waals surface area contributed by atoms with Crippen molar-refractivity contribution in [2.24, 2.45) is 0 Å². The van der Waals surface area contributed by atoms with Gasteiger partial charge in [0.05, 0.1) is 17.3 Å². The van der Waals surface area contributed by atoms with Gasteiger partial charge in [-0.2, -0.15) is 18.3 Å². The number of nitrogens with one attached hydrogen (secondary N) is 2. The maximum atomic E-state index is 12.9. The first-order valence-corrected chi connectivity index (χ1v) is 12.3. The summed E-state index contributed by atoms with van der Waals surface area (Å²) in [5.74, 6) is 1.38. The molecular formula is C25H29F3N8O. The van der Waals surface area contributed by atoms with E-state index in [1.807, 2.05) is 29.4 Å². The smallest absolute Gasteiger partial charge is 0.353 e. The lowest BCUT2D eigenvalue weighted by Crippen LogP contribution is -2.51. The minimum absolute atomic E-state index is 0.0866. The van der Waals surface area contributed by atoms with Crippen LogP contribution < -0.4 is 15.1 Å². The van der Waals surface area contributed by atoms with Crippen LogP contribution in [-0.4, -0.2) is 82.7 Å². The molecule has 196 valence electrons. The molecule has 1 unspecified atom stereocenters. The van der Waals surface area contributed by atoms with E-state index in [9.17, 15) is 18.0 Å². The summed E-state index contributed by atoms with van der Waals surface area (Å²) in [7, 11) is 0. The number of hydrogen-bond donors (Lipinski definition) is 2. The molecule has 3 aromatic rings. The number of aromatic nitrogens is 4. The first-order valence-electron chi connectivity index (χ1n) is 12.3. The third-order valence-electron chi connectivity index (χ3n) is 6.91. The predicted molar refractivity (Wildman–Crippen MR) is 133 cm³/mol. The Bertz CT molecular complexity index is 1200. The summed E-state index contributed by atoms with van der Waals surface area (Å²) in [6.07, 6.45) is 1.14. The van der Waals surface area contributed by atoms with Gasteiger partial charge in [-0.25, -0.2) is 9.97 Å². The van der Waals surface area contributed by atoms with Gasteiger partial charge in [-0.3, -0.25) is 10.00 Å². The summed E-state index contributed by atoms with van der Waals surface area (Å²) >= 11 is 0. The summed E-state index contributed by atoms with van der Waals surface area (Å²) in [5, 5.41) is 10.6. The van der Waals surface area contributed by atoms with Crippen molar-refractivity contribution in [3.05, 3.63) is 54.0 Å². The maximum absolute atomic E-state index is 12.9. The highest BCUT2D eigenvalue weighted by Crippen LogP contribution is 2.30. The lowest BCUT2D eigenvalue weighted by atomic mass is 10.1. The second kappa shape index (κ2) is 10.5. The molecule has 12 heteroatoms. The molecular weight excluding hydrogens is 485 g/mol. The average Bonchev–Trinajstić information content (AvgIpc) is 3.36. The van der Waals surface area contributed by atoms with Gasteiger partial charge in [-0.1, -0.05) is 0 Å². The molecule has 0 radical (unpaired) electrons. The number of hydrogen-bond acceptors (Lipinski definition) is 8. The van der Waals surface area contributed by atoms with E-state index in [4.69, 9.17) is 0 Å². The van der Waals surface area contributed by atoms with E-state index in [1.165, 1.54) is 6.07 Å². The third kappa shape index (κ3) is 5.59. The Hall–Kier alpha value is -3.51. The molecule has 2 saturated heterocycles. The monoisotopic (exact) mass is 514 g/mol. The van der Waals surface area contributed by atoms with Crippen molar-refractivity contribution >= 4 is 17.9 Å². The third-order valence-corrected chi connectivity index (χ3v) is 6.91. The van der Waals surface area contributed by atoms with Crippen LogP contribution in [0.3, 0.4) is 0 Å². The Morgan fingerprint density at radius 2 is 1.86 bits per heavy atom. The zero-order chi connectivity index (χ0) is 26.0. The number of piperazine rings is 2. The van der Waals surface area contributed by atoms with Crippen LogP contribution in [0, 0.1) is 0 Å². The summed E-state index contributed by atoms with van der Waals surface area (Å²) in [6, 6.07) is 6.38. The zero-order valence-electron chi connectivity index (χ0n) is 20.4. The van der Waals surface area contributed by atoms with Gasteiger partial charge in [0.15, 0.2) is 0 Å². The number of alkyl halides is 3. The number of halogens is 3. The van der Waals surface area contributed by atoms with Crippen molar-refractivity contribution in [3.63, 3.8) is 0 Å². The molecule has 0 aliphatic carbocycles. The van der Waals surface area contributed by atoms with E-state index in [0.717, 1.165) is 67.4 Å². The van der Waals surface area contributed by atoms with E-state index >= 15 is 0 Å². The highest BCUT2D eigenvalue weighted by atomic mass is 19.4. The fourth-order valence-corrected chi connectivity index (χ4v) is 4.96. The number of pyridine rings is 2. The van der Waals surface area contributed by atoms with Crippen molar-refractivity contribution in [3.8, 4) is 11.3 Å². The minimum atomic E-state index is -4.39. The van der Waals surface area contributed by atoms with Gasteiger partial charge in [0.25, 0.3) is 0 Å². The molecule has 5 rings (SSSR count). The highest BCUT2D eigenvalue weighted by molar-refractivity contribution is 5.64. The number of anilines is 2. The zero-order valence-corrected chi connectivity index (χ0v) is 20.4. The average molecular weight is 515 g/mol. The van der Waals surface area contributed by atoms with Crippen LogP contribution in [0.25, 0.3) is 11.3 Å². The molecule has 0 bridgehead atoms. The number of carbonyl (C=O) groups excluding carboxylic acids is 1. The van der Waals surface area contributed by atoms with Crippen LogP contribution in [-0.2, 0) is 17.5 Å². The van der Waals surface area contributed by atoms with Crippen LogP contribution in [0.2, 0.25) is 0 Å². The van der Waals surface area contributed by atoms with E-state index in [-0.39, 0.29) is 12.1 Å². The number of rotatable bonds is 6. The second-order valence-electron chi connectivity index (χ2n) is 9.49. The van der Waals surface area contributed by atoms with E-state index in [1.54, 1.807) is 0 Å². The maximum Gasteiger partial charge on any atom is 0.417 e. The molecule has 0 saturated carbocycles. The normalized spacial score (nSPS) is 21.3. The lowest BCUT2D eigenvalue weighted by molar-refractivity contribution is -0.137. The first kappa shape index (κ1) is 25.2. The van der Waals surface area contributed by atoms with Crippen molar-refractivity contribution in [1.29, 1.82) is 0 Å². The van der Waals surface area contributed by atoms with Crippen LogP contribution >= 0.6 is 0 Å². The molecule has 37 heavy (non-hydrogen) atoms. The lowest BCUT2D eigenvalue weighted by Gasteiger charge is -2.40. The SMILES string of the molecule is CC1CN(Cc2c[nH]nc2-c2ccc(N3CCN[C@@H](C=O)C3)nc2)CCN1c1ccc(C(F)(F)F)cn1. The van der Waals surface area contributed by atoms with Gasteiger partial charge in [0, 0.05) is 81.6 Å². The number of H-pyrrole nitrogens is 1.